The van der Waals surface area contributed by atoms with Crippen LogP contribution >= 0.6 is 11.6 Å². The van der Waals surface area contributed by atoms with Crippen LogP contribution in [0.25, 0.3) is 0 Å². The van der Waals surface area contributed by atoms with Crippen molar-refractivity contribution in [3.8, 4) is 0 Å². The third-order valence-corrected chi connectivity index (χ3v) is 1.93. The molecular formula is C9H11ClN4O2. The largest absolute Gasteiger partial charge is 0.359 e. The second-order valence-corrected chi connectivity index (χ2v) is 3.58. The zero-order valence-corrected chi connectivity index (χ0v) is 9.60. The van der Waals surface area contributed by atoms with Gasteiger partial charge in [-0.3, -0.25) is 10.1 Å². The Morgan fingerprint density at radius 3 is 2.75 bits per heavy atom. The zero-order valence-electron chi connectivity index (χ0n) is 8.85. The smallest absolute Gasteiger partial charge is 0.274 e. The van der Waals surface area contributed by atoms with Crippen LogP contribution in [0.4, 0.5) is 5.69 Å². The van der Waals surface area contributed by atoms with Crippen LogP contribution in [0.5, 0.6) is 0 Å². The highest BCUT2D eigenvalue weighted by Gasteiger charge is 2.06. The highest BCUT2D eigenvalue weighted by Crippen LogP contribution is 2.12. The molecule has 1 aromatic rings. The van der Waals surface area contributed by atoms with Crippen molar-refractivity contribution in [2.45, 2.75) is 0 Å². The van der Waals surface area contributed by atoms with Crippen LogP contribution in [-0.2, 0) is 0 Å². The van der Waals surface area contributed by atoms with Gasteiger partial charge in [-0.1, -0.05) is 11.6 Å². The number of nitrogens with zero attached hydrogens (tertiary/aromatic N) is 3. The van der Waals surface area contributed by atoms with Crippen molar-refractivity contribution in [3.63, 3.8) is 0 Å². The van der Waals surface area contributed by atoms with Gasteiger partial charge in [-0.25, -0.2) is 4.98 Å². The number of pyridine rings is 1. The fraction of sp³-hybridized carbons (Fsp3) is 0.222. The summed E-state index contributed by atoms with van der Waals surface area (Å²) in [5, 5.41) is 13.6. The molecule has 0 atom stereocenters. The van der Waals surface area contributed by atoms with Crippen molar-refractivity contribution >= 4 is 17.3 Å². The molecule has 0 aromatic carbocycles. The van der Waals surface area contributed by atoms with E-state index in [4.69, 9.17) is 11.6 Å². The van der Waals surface area contributed by atoms with Gasteiger partial charge in [0.05, 0.1) is 16.8 Å². The number of hydrogen-bond acceptors (Lipinski definition) is 5. The summed E-state index contributed by atoms with van der Waals surface area (Å²) in [5.74, 6) is 0.356. The summed E-state index contributed by atoms with van der Waals surface area (Å²) in [6.07, 6.45) is 2.38. The van der Waals surface area contributed by atoms with Gasteiger partial charge in [-0.2, -0.15) is 0 Å². The summed E-state index contributed by atoms with van der Waals surface area (Å²) in [5.41, 5.74) is 0.631. The summed E-state index contributed by atoms with van der Waals surface area (Å²) in [6, 6.07) is 3.29. The molecule has 0 aliphatic heterocycles. The van der Waals surface area contributed by atoms with E-state index in [1.165, 1.54) is 6.20 Å². The molecule has 0 saturated heterocycles. The molecule has 0 amide bonds. The van der Waals surface area contributed by atoms with E-state index in [1.807, 2.05) is 0 Å². The Morgan fingerprint density at radius 1 is 1.62 bits per heavy atom. The van der Waals surface area contributed by atoms with E-state index in [1.54, 1.807) is 31.1 Å². The van der Waals surface area contributed by atoms with Gasteiger partial charge in [0.1, 0.15) is 5.15 Å². The molecule has 1 rings (SSSR count). The third-order valence-electron chi connectivity index (χ3n) is 1.71. The van der Waals surface area contributed by atoms with Gasteiger partial charge in [0.2, 0.25) is 0 Å². The Morgan fingerprint density at radius 2 is 2.31 bits per heavy atom. The van der Waals surface area contributed by atoms with E-state index >= 15 is 0 Å². The first-order chi connectivity index (χ1) is 7.49. The van der Waals surface area contributed by atoms with Gasteiger partial charge in [-0.15, -0.1) is 0 Å². The van der Waals surface area contributed by atoms with Gasteiger partial charge in [-0.05, 0) is 12.1 Å². The van der Waals surface area contributed by atoms with Crippen molar-refractivity contribution in [3.05, 3.63) is 45.6 Å². The molecule has 0 spiro atoms. The van der Waals surface area contributed by atoms with Gasteiger partial charge in [0.25, 0.3) is 6.20 Å². The highest BCUT2D eigenvalue weighted by atomic mass is 35.5. The normalized spacial score (nSPS) is 11.1. The van der Waals surface area contributed by atoms with Gasteiger partial charge < -0.3 is 10.2 Å². The van der Waals surface area contributed by atoms with Crippen molar-refractivity contribution in [2.24, 2.45) is 0 Å². The fourth-order valence-electron chi connectivity index (χ4n) is 0.957. The van der Waals surface area contributed by atoms with Crippen molar-refractivity contribution in [1.29, 1.82) is 0 Å². The van der Waals surface area contributed by atoms with E-state index in [-0.39, 0.29) is 0 Å². The maximum Gasteiger partial charge on any atom is 0.274 e. The van der Waals surface area contributed by atoms with Crippen LogP contribution < -0.4 is 5.32 Å². The van der Waals surface area contributed by atoms with E-state index in [0.717, 1.165) is 6.20 Å². The second kappa shape index (κ2) is 5.32. The molecule has 1 heterocycles. The molecule has 0 radical (unpaired) electrons. The topological polar surface area (TPSA) is 71.3 Å². The maximum atomic E-state index is 10.4. The predicted octanol–water partition coefficient (Wildman–Crippen LogP) is 1.78. The first-order valence-electron chi connectivity index (χ1n) is 4.40. The molecule has 86 valence electrons. The van der Waals surface area contributed by atoms with Crippen LogP contribution in [0.15, 0.2) is 30.4 Å². The summed E-state index contributed by atoms with van der Waals surface area (Å²) in [4.78, 5) is 15.3. The molecule has 1 N–H and O–H groups in total. The second-order valence-electron chi connectivity index (χ2n) is 3.19. The number of nitro groups is 1. The summed E-state index contributed by atoms with van der Waals surface area (Å²) in [6.45, 7) is 0. The lowest BCUT2D eigenvalue weighted by atomic mass is 10.4. The SMILES string of the molecule is CN(C)C(=C[N+](=O)[O-])Nc1ccc(Cl)nc1. The highest BCUT2D eigenvalue weighted by molar-refractivity contribution is 6.29. The monoisotopic (exact) mass is 242 g/mol. The Balaban J connectivity index is 2.84. The minimum Gasteiger partial charge on any atom is -0.359 e. The average molecular weight is 243 g/mol. The zero-order chi connectivity index (χ0) is 12.1. The number of halogens is 1. The number of hydrogen-bond donors (Lipinski definition) is 1. The summed E-state index contributed by atoms with van der Waals surface area (Å²) in [7, 11) is 3.40. The van der Waals surface area contributed by atoms with Crippen molar-refractivity contribution in [2.75, 3.05) is 19.4 Å². The molecule has 0 saturated carbocycles. The van der Waals surface area contributed by atoms with Crippen LogP contribution in [0, 0.1) is 10.1 Å². The van der Waals surface area contributed by atoms with Gasteiger partial charge in [0.15, 0.2) is 5.82 Å². The molecule has 0 aliphatic rings. The van der Waals surface area contributed by atoms with Crippen LogP contribution in [0.2, 0.25) is 5.15 Å². The lowest BCUT2D eigenvalue weighted by molar-refractivity contribution is -0.404. The Bertz CT molecular complexity index is 402. The molecule has 16 heavy (non-hydrogen) atoms. The average Bonchev–Trinajstić information content (AvgIpc) is 2.19. The molecule has 7 heteroatoms. The van der Waals surface area contributed by atoms with Crippen LogP contribution in [-0.4, -0.2) is 28.9 Å². The Kier molecular flexibility index (Phi) is 4.07. The quantitative estimate of drug-likeness (QED) is 0.495. The van der Waals surface area contributed by atoms with Crippen LogP contribution in [0.1, 0.15) is 0 Å². The van der Waals surface area contributed by atoms with E-state index in [9.17, 15) is 10.1 Å². The molecule has 0 aliphatic carbocycles. The van der Waals surface area contributed by atoms with E-state index in [2.05, 4.69) is 10.3 Å². The van der Waals surface area contributed by atoms with Crippen molar-refractivity contribution < 1.29 is 4.92 Å². The van der Waals surface area contributed by atoms with Gasteiger partial charge >= 0.3 is 0 Å². The van der Waals surface area contributed by atoms with E-state index < -0.39 is 4.92 Å². The lowest BCUT2D eigenvalue weighted by Gasteiger charge is -2.16. The van der Waals surface area contributed by atoms with Crippen LogP contribution in [0.3, 0.4) is 0 Å². The lowest BCUT2D eigenvalue weighted by Crippen LogP contribution is -2.19. The molecule has 6 nitrogen and oxygen atoms in total. The summed E-state index contributed by atoms with van der Waals surface area (Å²) < 4.78 is 0. The number of nitrogens with one attached hydrogen (secondary N) is 1. The molecule has 0 bridgehead atoms. The molecule has 1 aromatic heterocycles. The fourth-order valence-corrected chi connectivity index (χ4v) is 1.07. The third kappa shape index (κ3) is 3.74. The summed E-state index contributed by atoms with van der Waals surface area (Å²) >= 11 is 5.62. The predicted molar refractivity (Wildman–Crippen MR) is 61.6 cm³/mol. The first-order valence-corrected chi connectivity index (χ1v) is 4.78. The molecule has 0 fully saturated rings. The van der Waals surface area contributed by atoms with Gasteiger partial charge in [0, 0.05) is 14.1 Å². The maximum absolute atomic E-state index is 10.4. The number of rotatable bonds is 4. The number of aromatic nitrogens is 1. The van der Waals surface area contributed by atoms with E-state index in [0.29, 0.717) is 16.7 Å². The first kappa shape index (κ1) is 12.3. The Hall–Kier alpha value is -1.82. The minimum atomic E-state index is -0.522. The molecule has 0 unspecified atom stereocenters. The standard InChI is InChI=1S/C9H11ClN4O2/c1-13(2)9(6-14(15)16)12-7-3-4-8(10)11-5-7/h3-6,12H,1-2H3. The number of anilines is 1. The molecular weight excluding hydrogens is 232 g/mol. The van der Waals surface area contributed by atoms with Crippen molar-refractivity contribution in [1.82, 2.24) is 9.88 Å². The Labute approximate surface area is 97.7 Å². The minimum absolute atomic E-state index is 0.356.